The Hall–Kier alpha value is -3.25. The lowest BCUT2D eigenvalue weighted by Gasteiger charge is -2.23. The molecule has 6 nitrogen and oxygen atoms in total. The first-order valence-corrected chi connectivity index (χ1v) is 9.61. The van der Waals surface area contributed by atoms with Crippen molar-refractivity contribution in [2.45, 2.75) is 19.0 Å². The Bertz CT molecular complexity index is 1090. The minimum Gasteiger partial charge on any atom is -0.350 e. The summed E-state index contributed by atoms with van der Waals surface area (Å²) >= 11 is 5.88. The molecule has 4 rings (SSSR count). The number of nitrogens with one attached hydrogen (secondary N) is 1. The molecule has 3 aromatic rings. The van der Waals surface area contributed by atoms with Gasteiger partial charge >= 0.3 is 5.78 Å². The van der Waals surface area contributed by atoms with Crippen LogP contribution in [0, 0.1) is 0 Å². The van der Waals surface area contributed by atoms with Crippen molar-refractivity contribution in [3.8, 4) is 0 Å². The number of carbonyl (C=O) groups is 2. The van der Waals surface area contributed by atoms with Crippen LogP contribution in [0.1, 0.15) is 22.3 Å². The summed E-state index contributed by atoms with van der Waals surface area (Å²) in [6.45, 7) is 0.339. The molecule has 2 N–H and O–H groups in total. The van der Waals surface area contributed by atoms with E-state index in [-0.39, 0.29) is 30.6 Å². The molecule has 1 aliphatic rings. The van der Waals surface area contributed by atoms with E-state index in [1.54, 1.807) is 36.5 Å². The van der Waals surface area contributed by atoms with E-state index in [1.165, 1.54) is 4.90 Å². The summed E-state index contributed by atoms with van der Waals surface area (Å²) in [5, 5.41) is 4.30. The molecule has 146 valence electrons. The smallest absolute Gasteiger partial charge is 0.314 e. The van der Waals surface area contributed by atoms with E-state index in [2.05, 4.69) is 10.3 Å². The lowest BCUT2D eigenvalue weighted by Crippen LogP contribution is -2.45. The number of hydrogen-bond donors (Lipinski definition) is 1. The van der Waals surface area contributed by atoms with E-state index < -0.39 is 6.04 Å². The number of rotatable bonds is 4. The summed E-state index contributed by atoms with van der Waals surface area (Å²) in [7, 11) is 0. The van der Waals surface area contributed by atoms with Crippen LogP contribution < -0.4 is 5.32 Å². The number of pyridine rings is 1. The highest BCUT2D eigenvalue weighted by Crippen LogP contribution is 2.23. The lowest BCUT2D eigenvalue weighted by molar-refractivity contribution is -0.125. The first-order valence-electron chi connectivity index (χ1n) is 9.23. The van der Waals surface area contributed by atoms with E-state index in [4.69, 9.17) is 11.6 Å². The van der Waals surface area contributed by atoms with Crippen LogP contribution in [0.25, 0.3) is 10.9 Å². The van der Waals surface area contributed by atoms with Crippen molar-refractivity contribution >= 4 is 40.1 Å². The molecule has 0 unspecified atom stereocenters. The summed E-state index contributed by atoms with van der Waals surface area (Å²) < 4.78 is 0. The molecule has 1 fully saturated rings. The zero-order valence-electron chi connectivity index (χ0n) is 15.5. The van der Waals surface area contributed by atoms with Crippen LogP contribution in [0.5, 0.6) is 0 Å². The fourth-order valence-electron chi connectivity index (χ4n) is 3.49. The molecule has 2 aromatic carbocycles. The average molecular weight is 409 g/mol. The summed E-state index contributed by atoms with van der Waals surface area (Å²) in [6.07, 6.45) is 1.75. The highest BCUT2D eigenvalue weighted by molar-refractivity contribution is 6.30. The zero-order chi connectivity index (χ0) is 20.4. The molecule has 0 bridgehead atoms. The first kappa shape index (κ1) is 19.1. The van der Waals surface area contributed by atoms with Gasteiger partial charge in [-0.05, 0) is 29.8 Å². The minimum atomic E-state index is -0.770. The zero-order valence-corrected chi connectivity index (χ0v) is 16.3. The van der Waals surface area contributed by atoms with Crippen LogP contribution in [-0.2, 0) is 11.3 Å². The SMILES string of the molecule is O=C(NCc1ccc(Cl)cc1)[C@@H]1CC(=[OH+])CN1C(=O)c1cccc2cccnc12. The molecule has 7 heteroatoms. The molecule has 1 atom stereocenters. The summed E-state index contributed by atoms with van der Waals surface area (Å²) in [4.78, 5) is 41.7. The van der Waals surface area contributed by atoms with E-state index in [1.807, 2.05) is 24.3 Å². The topological polar surface area (TPSA) is 83.7 Å². The van der Waals surface area contributed by atoms with Crippen molar-refractivity contribution in [1.82, 2.24) is 15.2 Å². The molecule has 2 heterocycles. The number of aromatic nitrogens is 1. The lowest BCUT2D eigenvalue weighted by atomic mass is 10.1. The standard InChI is InChI=1S/C22H18ClN3O3/c23-16-8-6-14(7-9-16)12-25-21(28)19-11-17(27)13-26(19)22(29)18-5-1-3-15-4-2-10-24-20(15)18/h1-10,19H,11-13H2,(H,25,28)/p+1/t19-/m0/s1. The molecule has 0 spiro atoms. The van der Waals surface area contributed by atoms with Crippen molar-refractivity contribution in [2.75, 3.05) is 6.54 Å². The molecule has 0 radical (unpaired) electrons. The van der Waals surface area contributed by atoms with Crippen LogP contribution in [0.3, 0.4) is 0 Å². The average Bonchev–Trinajstić information content (AvgIpc) is 3.14. The van der Waals surface area contributed by atoms with Gasteiger partial charge in [-0.3, -0.25) is 19.4 Å². The molecular weight excluding hydrogens is 390 g/mol. The third-order valence-corrected chi connectivity index (χ3v) is 5.22. The van der Waals surface area contributed by atoms with Gasteiger partial charge in [0.25, 0.3) is 5.91 Å². The Morgan fingerprint density at radius 3 is 2.69 bits per heavy atom. The molecule has 2 amide bonds. The van der Waals surface area contributed by atoms with Gasteiger partial charge in [0.2, 0.25) is 5.91 Å². The predicted molar refractivity (Wildman–Crippen MR) is 111 cm³/mol. The Morgan fingerprint density at radius 2 is 1.90 bits per heavy atom. The van der Waals surface area contributed by atoms with Crippen molar-refractivity contribution in [3.05, 3.63) is 76.9 Å². The first-order chi connectivity index (χ1) is 14.0. The fourth-order valence-corrected chi connectivity index (χ4v) is 3.62. The summed E-state index contributed by atoms with van der Waals surface area (Å²) in [5.74, 6) is -0.534. The third-order valence-electron chi connectivity index (χ3n) is 4.96. The van der Waals surface area contributed by atoms with E-state index in [0.29, 0.717) is 22.6 Å². The van der Waals surface area contributed by atoms with Gasteiger partial charge in [0, 0.05) is 23.2 Å². The second kappa shape index (κ2) is 8.01. The molecule has 1 saturated heterocycles. The number of amides is 2. The number of ketones is 1. The van der Waals surface area contributed by atoms with Gasteiger partial charge in [0.05, 0.1) is 17.5 Å². The van der Waals surface area contributed by atoms with Gasteiger partial charge in [-0.25, -0.2) is 0 Å². The van der Waals surface area contributed by atoms with E-state index in [0.717, 1.165) is 10.9 Å². The predicted octanol–water partition coefficient (Wildman–Crippen LogP) is 2.96. The number of carbonyl (C=O) groups excluding carboxylic acids is 3. The fraction of sp³-hybridized carbons (Fsp3) is 0.182. The monoisotopic (exact) mass is 408 g/mol. The molecule has 1 aromatic heterocycles. The molecule has 0 saturated carbocycles. The largest absolute Gasteiger partial charge is 0.350 e. The van der Waals surface area contributed by atoms with Gasteiger partial charge < -0.3 is 10.2 Å². The maximum Gasteiger partial charge on any atom is 0.314 e. The summed E-state index contributed by atoms with van der Waals surface area (Å²) in [6, 6.07) is 15.4. The third kappa shape index (κ3) is 3.98. The second-order valence-corrected chi connectivity index (χ2v) is 7.38. The van der Waals surface area contributed by atoms with Gasteiger partial charge in [-0.2, -0.15) is 0 Å². The maximum atomic E-state index is 13.2. The molecule has 1 aliphatic heterocycles. The number of halogens is 1. The number of benzene rings is 2. The quantitative estimate of drug-likeness (QED) is 0.673. The van der Waals surface area contributed by atoms with Crippen LogP contribution in [-0.4, -0.2) is 44.9 Å². The number of hydrogen-bond acceptors (Lipinski definition) is 3. The van der Waals surface area contributed by atoms with Gasteiger partial charge in [-0.1, -0.05) is 41.9 Å². The van der Waals surface area contributed by atoms with Gasteiger partial charge in [0.1, 0.15) is 12.6 Å². The van der Waals surface area contributed by atoms with E-state index in [9.17, 15) is 14.4 Å². The highest BCUT2D eigenvalue weighted by atomic mass is 35.5. The number of nitrogens with zero attached hydrogens (tertiary/aromatic N) is 2. The van der Waals surface area contributed by atoms with Gasteiger partial charge in [0.15, 0.2) is 0 Å². The van der Waals surface area contributed by atoms with Crippen molar-refractivity contribution in [3.63, 3.8) is 0 Å². The Morgan fingerprint density at radius 1 is 1.14 bits per heavy atom. The summed E-state index contributed by atoms with van der Waals surface area (Å²) in [5.41, 5.74) is 1.88. The second-order valence-electron chi connectivity index (χ2n) is 6.94. The van der Waals surface area contributed by atoms with Gasteiger partial charge in [-0.15, -0.1) is 0 Å². The Kier molecular flexibility index (Phi) is 5.27. The Labute approximate surface area is 172 Å². The number of likely N-dealkylation sites (tertiary alicyclic amines) is 1. The maximum absolute atomic E-state index is 13.2. The van der Waals surface area contributed by atoms with Crippen LogP contribution in [0.4, 0.5) is 0 Å². The van der Waals surface area contributed by atoms with Crippen molar-refractivity contribution in [1.29, 1.82) is 0 Å². The highest BCUT2D eigenvalue weighted by Gasteiger charge is 2.42. The molecular formula is C22H19ClN3O3+. The van der Waals surface area contributed by atoms with Crippen molar-refractivity contribution < 1.29 is 14.4 Å². The normalized spacial score (nSPS) is 16.2. The molecule has 0 aliphatic carbocycles. The Balaban J connectivity index is 1.54. The van der Waals surface area contributed by atoms with Crippen LogP contribution >= 0.6 is 11.6 Å². The number of para-hydroxylation sites is 1. The van der Waals surface area contributed by atoms with Crippen molar-refractivity contribution in [2.24, 2.45) is 0 Å². The number of fused-ring (bicyclic) bond motifs is 1. The van der Waals surface area contributed by atoms with Crippen LogP contribution in [0.15, 0.2) is 60.8 Å². The molecule has 29 heavy (non-hydrogen) atoms. The van der Waals surface area contributed by atoms with E-state index >= 15 is 0 Å². The minimum absolute atomic E-state index is 0.0289. The van der Waals surface area contributed by atoms with Crippen LogP contribution in [0.2, 0.25) is 5.02 Å².